The van der Waals surface area contributed by atoms with Gasteiger partial charge in [0.1, 0.15) is 5.82 Å². The SMILES string of the molecule is CC1CCC(c2cccc(F)c2)OC1. The lowest BCUT2D eigenvalue weighted by Crippen LogP contribution is -2.18. The second-order valence-electron chi connectivity index (χ2n) is 4.06. The summed E-state index contributed by atoms with van der Waals surface area (Å²) in [6.07, 6.45) is 2.27. The van der Waals surface area contributed by atoms with Crippen LogP contribution in [0.1, 0.15) is 31.4 Å². The molecule has 1 heterocycles. The van der Waals surface area contributed by atoms with Crippen LogP contribution in [0.4, 0.5) is 4.39 Å². The van der Waals surface area contributed by atoms with Crippen molar-refractivity contribution in [3.8, 4) is 0 Å². The van der Waals surface area contributed by atoms with E-state index in [1.807, 2.05) is 6.07 Å². The van der Waals surface area contributed by atoms with E-state index in [0.717, 1.165) is 18.6 Å². The van der Waals surface area contributed by atoms with Crippen LogP contribution in [0.3, 0.4) is 0 Å². The number of benzene rings is 1. The van der Waals surface area contributed by atoms with Gasteiger partial charge in [0.25, 0.3) is 0 Å². The van der Waals surface area contributed by atoms with Gasteiger partial charge in [-0.05, 0) is 36.5 Å². The van der Waals surface area contributed by atoms with Crippen molar-refractivity contribution in [3.63, 3.8) is 0 Å². The van der Waals surface area contributed by atoms with E-state index in [4.69, 9.17) is 4.74 Å². The molecule has 0 saturated carbocycles. The lowest BCUT2D eigenvalue weighted by molar-refractivity contribution is -0.0125. The van der Waals surface area contributed by atoms with Crippen LogP contribution in [0.5, 0.6) is 0 Å². The molecule has 14 heavy (non-hydrogen) atoms. The zero-order valence-corrected chi connectivity index (χ0v) is 8.37. The monoisotopic (exact) mass is 194 g/mol. The number of hydrogen-bond acceptors (Lipinski definition) is 1. The molecule has 0 bridgehead atoms. The summed E-state index contributed by atoms with van der Waals surface area (Å²) in [4.78, 5) is 0. The summed E-state index contributed by atoms with van der Waals surface area (Å²) in [5.41, 5.74) is 0.969. The van der Waals surface area contributed by atoms with Crippen molar-refractivity contribution in [2.45, 2.75) is 25.9 Å². The van der Waals surface area contributed by atoms with Crippen molar-refractivity contribution in [2.75, 3.05) is 6.61 Å². The fourth-order valence-electron chi connectivity index (χ4n) is 1.85. The van der Waals surface area contributed by atoms with Crippen molar-refractivity contribution >= 4 is 0 Å². The number of hydrogen-bond donors (Lipinski definition) is 0. The van der Waals surface area contributed by atoms with Crippen LogP contribution in [0.2, 0.25) is 0 Å². The zero-order chi connectivity index (χ0) is 9.97. The molecule has 1 nitrogen and oxygen atoms in total. The van der Waals surface area contributed by atoms with E-state index < -0.39 is 0 Å². The molecular weight excluding hydrogens is 179 g/mol. The third kappa shape index (κ3) is 2.13. The second kappa shape index (κ2) is 4.09. The first kappa shape index (κ1) is 9.66. The van der Waals surface area contributed by atoms with Crippen LogP contribution in [-0.2, 0) is 4.74 Å². The van der Waals surface area contributed by atoms with E-state index in [-0.39, 0.29) is 11.9 Å². The Labute approximate surface area is 83.9 Å². The molecule has 1 aromatic rings. The van der Waals surface area contributed by atoms with Crippen molar-refractivity contribution < 1.29 is 9.13 Å². The molecule has 2 atom stereocenters. The van der Waals surface area contributed by atoms with Crippen molar-refractivity contribution in [1.29, 1.82) is 0 Å². The maximum absolute atomic E-state index is 12.9. The Morgan fingerprint density at radius 2 is 2.21 bits per heavy atom. The van der Waals surface area contributed by atoms with E-state index in [9.17, 15) is 4.39 Å². The predicted octanol–water partition coefficient (Wildman–Crippen LogP) is 3.31. The molecule has 1 saturated heterocycles. The molecule has 0 spiro atoms. The van der Waals surface area contributed by atoms with Crippen LogP contribution in [0.25, 0.3) is 0 Å². The third-order valence-corrected chi connectivity index (χ3v) is 2.72. The zero-order valence-electron chi connectivity index (χ0n) is 8.37. The van der Waals surface area contributed by atoms with Gasteiger partial charge in [-0.3, -0.25) is 0 Å². The van der Waals surface area contributed by atoms with Crippen LogP contribution in [0.15, 0.2) is 24.3 Å². The number of rotatable bonds is 1. The Morgan fingerprint density at radius 3 is 2.86 bits per heavy atom. The first-order valence-electron chi connectivity index (χ1n) is 5.13. The standard InChI is InChI=1S/C12H15FO/c1-9-5-6-12(14-8-9)10-3-2-4-11(13)7-10/h2-4,7,9,12H,5-6,8H2,1H3. The average molecular weight is 194 g/mol. The summed E-state index contributed by atoms with van der Waals surface area (Å²) in [6.45, 7) is 2.98. The van der Waals surface area contributed by atoms with E-state index in [1.165, 1.54) is 12.5 Å². The summed E-state index contributed by atoms with van der Waals surface area (Å²) in [5, 5.41) is 0. The summed E-state index contributed by atoms with van der Waals surface area (Å²) in [5.74, 6) is 0.463. The smallest absolute Gasteiger partial charge is 0.123 e. The summed E-state index contributed by atoms with van der Waals surface area (Å²) < 4.78 is 18.6. The van der Waals surface area contributed by atoms with Gasteiger partial charge >= 0.3 is 0 Å². The van der Waals surface area contributed by atoms with E-state index in [2.05, 4.69) is 6.92 Å². The molecule has 2 unspecified atom stereocenters. The van der Waals surface area contributed by atoms with E-state index in [0.29, 0.717) is 5.92 Å². The molecule has 0 N–H and O–H groups in total. The number of halogens is 1. The lowest BCUT2D eigenvalue weighted by atomic mass is 9.96. The lowest BCUT2D eigenvalue weighted by Gasteiger charge is -2.27. The molecule has 0 aliphatic carbocycles. The predicted molar refractivity (Wildman–Crippen MR) is 53.5 cm³/mol. The fourth-order valence-corrected chi connectivity index (χ4v) is 1.85. The summed E-state index contributed by atoms with van der Waals surface area (Å²) in [6, 6.07) is 6.71. The van der Waals surface area contributed by atoms with Crippen molar-refractivity contribution in [2.24, 2.45) is 5.92 Å². The third-order valence-electron chi connectivity index (χ3n) is 2.72. The average Bonchev–Trinajstić information content (AvgIpc) is 2.19. The maximum atomic E-state index is 12.9. The highest BCUT2D eigenvalue weighted by Gasteiger charge is 2.20. The van der Waals surface area contributed by atoms with Gasteiger partial charge in [0.15, 0.2) is 0 Å². The molecule has 2 rings (SSSR count). The molecule has 0 amide bonds. The quantitative estimate of drug-likeness (QED) is 0.666. The molecule has 1 fully saturated rings. The molecule has 1 aliphatic rings. The first-order chi connectivity index (χ1) is 6.75. The Balaban J connectivity index is 2.08. The summed E-state index contributed by atoms with van der Waals surface area (Å²) >= 11 is 0. The maximum Gasteiger partial charge on any atom is 0.123 e. The molecule has 2 heteroatoms. The van der Waals surface area contributed by atoms with Gasteiger partial charge in [-0.15, -0.1) is 0 Å². The minimum absolute atomic E-state index is 0.0990. The molecular formula is C12H15FO. The highest BCUT2D eigenvalue weighted by Crippen LogP contribution is 2.30. The largest absolute Gasteiger partial charge is 0.373 e. The minimum atomic E-state index is -0.176. The van der Waals surface area contributed by atoms with Gasteiger partial charge in [-0.2, -0.15) is 0 Å². The molecule has 1 aromatic carbocycles. The van der Waals surface area contributed by atoms with Gasteiger partial charge < -0.3 is 4.74 Å². The van der Waals surface area contributed by atoms with Crippen LogP contribution < -0.4 is 0 Å². The van der Waals surface area contributed by atoms with Crippen LogP contribution in [0, 0.1) is 11.7 Å². The normalized spacial score (nSPS) is 27.6. The van der Waals surface area contributed by atoms with Crippen LogP contribution in [-0.4, -0.2) is 6.61 Å². The summed E-state index contributed by atoms with van der Waals surface area (Å²) in [7, 11) is 0. The van der Waals surface area contributed by atoms with Crippen molar-refractivity contribution in [3.05, 3.63) is 35.6 Å². The van der Waals surface area contributed by atoms with Gasteiger partial charge in [-0.1, -0.05) is 19.1 Å². The van der Waals surface area contributed by atoms with E-state index >= 15 is 0 Å². The van der Waals surface area contributed by atoms with Gasteiger partial charge in [-0.25, -0.2) is 4.39 Å². The molecule has 0 aromatic heterocycles. The molecule has 0 radical (unpaired) electrons. The Kier molecular flexibility index (Phi) is 2.82. The fraction of sp³-hybridized carbons (Fsp3) is 0.500. The van der Waals surface area contributed by atoms with Gasteiger partial charge in [0.2, 0.25) is 0 Å². The second-order valence-corrected chi connectivity index (χ2v) is 4.06. The van der Waals surface area contributed by atoms with Crippen LogP contribution >= 0.6 is 0 Å². The van der Waals surface area contributed by atoms with Gasteiger partial charge in [0, 0.05) is 6.61 Å². The van der Waals surface area contributed by atoms with Crippen molar-refractivity contribution in [1.82, 2.24) is 0 Å². The number of ether oxygens (including phenoxy) is 1. The molecule has 1 aliphatic heterocycles. The Bertz CT molecular complexity index is 303. The molecule has 76 valence electrons. The topological polar surface area (TPSA) is 9.23 Å². The van der Waals surface area contributed by atoms with E-state index in [1.54, 1.807) is 12.1 Å². The highest BCUT2D eigenvalue weighted by molar-refractivity contribution is 5.19. The Hall–Kier alpha value is -0.890. The van der Waals surface area contributed by atoms with Gasteiger partial charge in [0.05, 0.1) is 6.10 Å². The first-order valence-corrected chi connectivity index (χ1v) is 5.13. The highest BCUT2D eigenvalue weighted by atomic mass is 19.1. The Morgan fingerprint density at radius 1 is 1.36 bits per heavy atom. The minimum Gasteiger partial charge on any atom is -0.373 e.